The maximum Gasteiger partial charge on any atom is 0.428 e. The van der Waals surface area contributed by atoms with E-state index in [1.54, 1.807) is 62.3 Å². The molecule has 0 aromatic carbocycles. The Morgan fingerprint density at radius 3 is 1.64 bits per heavy atom. The highest BCUT2D eigenvalue weighted by molar-refractivity contribution is 5.86. The second kappa shape index (κ2) is 10.00. The first-order valence-corrected chi connectivity index (χ1v) is 8.74. The van der Waals surface area contributed by atoms with Crippen LogP contribution in [0.4, 0.5) is 9.59 Å². The molecule has 0 aliphatic rings. The van der Waals surface area contributed by atoms with Crippen LogP contribution in [0.3, 0.4) is 0 Å². The van der Waals surface area contributed by atoms with Gasteiger partial charge in [-0.3, -0.25) is 10.2 Å². The van der Waals surface area contributed by atoms with E-state index >= 15 is 0 Å². The van der Waals surface area contributed by atoms with Crippen molar-refractivity contribution in [3.05, 3.63) is 0 Å². The van der Waals surface area contributed by atoms with Gasteiger partial charge in [0.2, 0.25) is 5.96 Å². The van der Waals surface area contributed by atoms with Gasteiger partial charge in [-0.15, -0.1) is 5.10 Å². The molecule has 0 atom stereocenters. The maximum absolute atomic E-state index is 11.8. The molecule has 2 amide bonds. The smallest absolute Gasteiger partial charge is 0.428 e. The first-order valence-electron chi connectivity index (χ1n) is 8.74. The zero-order valence-electron chi connectivity index (χ0n) is 18.1. The van der Waals surface area contributed by atoms with Gasteiger partial charge < -0.3 is 19.5 Å². The largest absolute Gasteiger partial charge is 0.459 e. The number of esters is 1. The Balaban J connectivity index is 4.90. The molecule has 0 aromatic rings. The topological polar surface area (TPSA) is 139 Å². The second-order valence-electron chi connectivity index (χ2n) is 8.77. The summed E-state index contributed by atoms with van der Waals surface area (Å²) in [7, 11) is 0. The van der Waals surface area contributed by atoms with E-state index in [9.17, 15) is 14.4 Å². The van der Waals surface area contributed by atoms with E-state index in [2.05, 4.69) is 26.7 Å². The number of ether oxygens (including phenoxy) is 3. The van der Waals surface area contributed by atoms with Crippen LogP contribution in [0, 0.1) is 0 Å². The van der Waals surface area contributed by atoms with Crippen LogP contribution >= 0.6 is 0 Å². The number of nitrogens with zero attached hydrogens (tertiary/aromatic N) is 1. The SMILES string of the molecule is CC(C)(C)OC(=O)CNC(=NNC(=O)OC(C)(C)C)NNC(=O)OC(C)(C)C. The monoisotopic (exact) mass is 403 g/mol. The Bertz CT molecular complexity index is 550. The fourth-order valence-corrected chi connectivity index (χ4v) is 1.46. The lowest BCUT2D eigenvalue weighted by molar-refractivity contribution is -0.153. The third kappa shape index (κ3) is 15.5. The highest BCUT2D eigenvalue weighted by atomic mass is 16.6. The number of guanidine groups is 1. The van der Waals surface area contributed by atoms with Gasteiger partial charge in [0.25, 0.3) is 0 Å². The van der Waals surface area contributed by atoms with Crippen LogP contribution in [0.1, 0.15) is 62.3 Å². The Labute approximate surface area is 165 Å². The second-order valence-corrected chi connectivity index (χ2v) is 8.77. The summed E-state index contributed by atoms with van der Waals surface area (Å²) in [6.45, 7) is 15.1. The number of carbonyl (C=O) groups is 3. The molecule has 0 saturated heterocycles. The van der Waals surface area contributed by atoms with Crippen molar-refractivity contribution in [1.82, 2.24) is 21.6 Å². The minimum absolute atomic E-state index is 0.137. The molecule has 11 heteroatoms. The summed E-state index contributed by atoms with van der Waals surface area (Å²) >= 11 is 0. The van der Waals surface area contributed by atoms with Crippen molar-refractivity contribution in [2.45, 2.75) is 79.1 Å². The molecule has 11 nitrogen and oxygen atoms in total. The molecular weight excluding hydrogens is 370 g/mol. The van der Waals surface area contributed by atoms with Gasteiger partial charge in [-0.25, -0.2) is 20.4 Å². The Hall–Kier alpha value is -2.72. The number of hydrogen-bond acceptors (Lipinski definition) is 7. The molecule has 0 aromatic heterocycles. The molecule has 28 heavy (non-hydrogen) atoms. The molecule has 4 N–H and O–H groups in total. The summed E-state index contributed by atoms with van der Waals surface area (Å²) < 4.78 is 15.3. The van der Waals surface area contributed by atoms with Crippen LogP contribution in [-0.4, -0.2) is 47.5 Å². The third-order valence-corrected chi connectivity index (χ3v) is 2.16. The molecule has 0 aliphatic carbocycles. The lowest BCUT2D eigenvalue weighted by Gasteiger charge is -2.22. The van der Waals surface area contributed by atoms with Gasteiger partial charge in [0.05, 0.1) is 0 Å². The molecular formula is C17H33N5O6. The number of hydrazone groups is 1. The average molecular weight is 403 g/mol. The average Bonchev–Trinajstić information content (AvgIpc) is 2.40. The van der Waals surface area contributed by atoms with Gasteiger partial charge in [-0.05, 0) is 62.3 Å². The minimum Gasteiger partial charge on any atom is -0.459 e. The standard InChI is InChI=1S/C17H33N5O6/c1-15(2,3)26-11(23)10-18-12(19-21-13(24)27-16(4,5)6)20-22-14(25)28-17(7,8)9/h10H2,1-9H3,(H,21,24)(H,22,25)(H2,18,19,20). The van der Waals surface area contributed by atoms with E-state index in [1.807, 2.05) is 0 Å². The first-order chi connectivity index (χ1) is 12.5. The van der Waals surface area contributed by atoms with Crippen molar-refractivity contribution >= 4 is 24.1 Å². The molecule has 0 aliphatic heterocycles. The molecule has 162 valence electrons. The summed E-state index contributed by atoms with van der Waals surface area (Å²) in [6.07, 6.45) is -1.60. The van der Waals surface area contributed by atoms with Gasteiger partial charge in [0.1, 0.15) is 23.3 Å². The van der Waals surface area contributed by atoms with Gasteiger partial charge in [0, 0.05) is 0 Å². The number of hydrogen-bond donors (Lipinski definition) is 4. The summed E-state index contributed by atoms with van der Waals surface area (Å²) in [5.74, 6) is -0.695. The van der Waals surface area contributed by atoms with Crippen LogP contribution in [0.2, 0.25) is 0 Å². The zero-order valence-corrected chi connectivity index (χ0v) is 18.1. The number of amides is 2. The van der Waals surface area contributed by atoms with Crippen molar-refractivity contribution in [2.75, 3.05) is 6.54 Å². The molecule has 0 heterocycles. The molecule has 0 rings (SSSR count). The highest BCUT2D eigenvalue weighted by Crippen LogP contribution is 2.07. The number of hydrazine groups is 1. The quantitative estimate of drug-likeness (QED) is 0.184. The van der Waals surface area contributed by atoms with E-state index in [0.29, 0.717) is 0 Å². The van der Waals surface area contributed by atoms with E-state index in [-0.39, 0.29) is 12.5 Å². The Morgan fingerprint density at radius 2 is 1.18 bits per heavy atom. The van der Waals surface area contributed by atoms with E-state index < -0.39 is 35.0 Å². The summed E-state index contributed by atoms with van der Waals surface area (Å²) in [5, 5.41) is 6.34. The lowest BCUT2D eigenvalue weighted by atomic mass is 10.2. The van der Waals surface area contributed by atoms with Crippen LogP contribution in [0.5, 0.6) is 0 Å². The van der Waals surface area contributed by atoms with Crippen molar-refractivity contribution in [2.24, 2.45) is 5.10 Å². The predicted octanol–water partition coefficient (Wildman–Crippen LogP) is 1.74. The number of rotatable bonds is 3. The van der Waals surface area contributed by atoms with Crippen LogP contribution in [0.25, 0.3) is 0 Å². The fourth-order valence-electron chi connectivity index (χ4n) is 1.46. The molecule has 0 fully saturated rings. The highest BCUT2D eigenvalue weighted by Gasteiger charge is 2.19. The Kier molecular flexibility index (Phi) is 9.03. The van der Waals surface area contributed by atoms with Crippen molar-refractivity contribution in [3.63, 3.8) is 0 Å². The van der Waals surface area contributed by atoms with Crippen molar-refractivity contribution in [1.29, 1.82) is 0 Å². The van der Waals surface area contributed by atoms with E-state index in [1.165, 1.54) is 0 Å². The van der Waals surface area contributed by atoms with Crippen LogP contribution in [-0.2, 0) is 19.0 Å². The molecule has 0 radical (unpaired) electrons. The number of nitrogens with one attached hydrogen (secondary N) is 4. The predicted molar refractivity (Wildman–Crippen MR) is 103 cm³/mol. The van der Waals surface area contributed by atoms with Gasteiger partial charge >= 0.3 is 18.2 Å². The van der Waals surface area contributed by atoms with Crippen molar-refractivity contribution < 1.29 is 28.6 Å². The fraction of sp³-hybridized carbons (Fsp3) is 0.765. The Morgan fingerprint density at radius 1 is 0.714 bits per heavy atom. The minimum atomic E-state index is -0.817. The normalized spacial score (nSPS) is 12.5. The van der Waals surface area contributed by atoms with E-state index in [4.69, 9.17) is 14.2 Å². The van der Waals surface area contributed by atoms with Gasteiger partial charge in [-0.1, -0.05) is 0 Å². The van der Waals surface area contributed by atoms with Crippen LogP contribution < -0.4 is 21.6 Å². The summed E-state index contributed by atoms with van der Waals surface area (Å²) in [4.78, 5) is 35.3. The summed E-state index contributed by atoms with van der Waals surface area (Å²) in [5.41, 5.74) is 4.71. The van der Waals surface area contributed by atoms with E-state index in [0.717, 1.165) is 0 Å². The zero-order chi connectivity index (χ0) is 22.2. The van der Waals surface area contributed by atoms with Gasteiger partial charge in [-0.2, -0.15) is 0 Å². The van der Waals surface area contributed by atoms with Crippen molar-refractivity contribution in [3.8, 4) is 0 Å². The molecule has 0 unspecified atom stereocenters. The summed E-state index contributed by atoms with van der Waals surface area (Å²) in [6, 6.07) is 0. The number of carbonyl (C=O) groups excluding carboxylic acids is 3. The van der Waals surface area contributed by atoms with Crippen LogP contribution in [0.15, 0.2) is 5.10 Å². The molecule has 0 spiro atoms. The lowest BCUT2D eigenvalue weighted by Crippen LogP contribution is -2.51. The molecule has 0 saturated carbocycles. The first kappa shape index (κ1) is 25.3. The van der Waals surface area contributed by atoms with Gasteiger partial charge in [0.15, 0.2) is 0 Å². The maximum atomic E-state index is 11.8. The molecule has 0 bridgehead atoms. The third-order valence-electron chi connectivity index (χ3n) is 2.16.